The molecule has 10 heteroatoms. The zero-order chi connectivity index (χ0) is 19.6. The lowest BCUT2D eigenvalue weighted by molar-refractivity contribution is 0.123. The molecule has 2 aromatic rings. The van der Waals surface area contributed by atoms with E-state index in [0.717, 1.165) is 31.7 Å². The van der Waals surface area contributed by atoms with Gasteiger partial charge in [-0.2, -0.15) is 0 Å². The molecule has 2 heterocycles. The lowest BCUT2D eigenvalue weighted by Crippen LogP contribution is -2.44. The van der Waals surface area contributed by atoms with Crippen LogP contribution in [0.25, 0.3) is 10.9 Å². The summed E-state index contributed by atoms with van der Waals surface area (Å²) in [5.74, 6) is 1.10. The van der Waals surface area contributed by atoms with Crippen molar-refractivity contribution >= 4 is 33.9 Å². The minimum Gasteiger partial charge on any atom is -0.493 e. The number of aromatic hydroxyl groups is 1. The molecule has 1 fully saturated rings. The third-order valence-electron chi connectivity index (χ3n) is 4.70. The Kier molecular flexibility index (Phi) is 5.78. The third kappa shape index (κ3) is 3.97. The van der Waals surface area contributed by atoms with Crippen molar-refractivity contribution < 1.29 is 14.6 Å². The summed E-state index contributed by atoms with van der Waals surface area (Å²) < 4.78 is 12.6. The number of thiocarbonyl (C=S) groups is 1. The molecular weight excluding hydrogens is 368 g/mol. The molecular formula is C17H24N6O3S. The van der Waals surface area contributed by atoms with Crippen LogP contribution in [0.4, 0.5) is 5.69 Å². The summed E-state index contributed by atoms with van der Waals surface area (Å²) in [5.41, 5.74) is 6.49. The molecule has 27 heavy (non-hydrogen) atoms. The first-order chi connectivity index (χ1) is 12.9. The minimum atomic E-state index is -0.102. The third-order valence-corrected chi connectivity index (χ3v) is 4.78. The monoisotopic (exact) mass is 392 g/mol. The molecule has 0 saturated carbocycles. The molecule has 3 N–H and O–H groups in total. The number of piperazine rings is 1. The molecule has 0 aliphatic carbocycles. The Labute approximate surface area is 162 Å². The lowest BCUT2D eigenvalue weighted by atomic mass is 10.2. The van der Waals surface area contributed by atoms with Gasteiger partial charge in [0, 0.05) is 37.6 Å². The number of nitrogens with zero attached hydrogens (tertiary/aromatic N) is 5. The van der Waals surface area contributed by atoms with Crippen molar-refractivity contribution in [2.24, 2.45) is 16.0 Å². The van der Waals surface area contributed by atoms with Crippen molar-refractivity contribution in [1.82, 2.24) is 14.4 Å². The zero-order valence-electron chi connectivity index (χ0n) is 15.7. The Hall–Kier alpha value is -2.43. The van der Waals surface area contributed by atoms with Crippen LogP contribution >= 0.6 is 12.2 Å². The van der Waals surface area contributed by atoms with E-state index in [0.29, 0.717) is 29.2 Å². The molecule has 0 amide bonds. The molecule has 0 atom stereocenters. The Morgan fingerprint density at radius 3 is 2.41 bits per heavy atom. The van der Waals surface area contributed by atoms with E-state index in [9.17, 15) is 5.11 Å². The van der Waals surface area contributed by atoms with Gasteiger partial charge in [0.25, 0.3) is 0 Å². The highest BCUT2D eigenvalue weighted by molar-refractivity contribution is 7.80. The summed E-state index contributed by atoms with van der Waals surface area (Å²) in [6.45, 7) is 4.30. The number of fused-ring (bicyclic) bond motifs is 1. The van der Waals surface area contributed by atoms with Gasteiger partial charge in [0.15, 0.2) is 17.2 Å². The van der Waals surface area contributed by atoms with Crippen molar-refractivity contribution in [1.29, 1.82) is 0 Å². The quantitative estimate of drug-likeness (QED) is 0.592. The molecule has 1 aliphatic rings. The van der Waals surface area contributed by atoms with E-state index in [1.54, 1.807) is 24.9 Å². The van der Waals surface area contributed by atoms with E-state index >= 15 is 0 Å². The van der Waals surface area contributed by atoms with Crippen LogP contribution in [0.15, 0.2) is 22.4 Å². The fourth-order valence-corrected chi connectivity index (χ4v) is 3.21. The number of hydrogen-bond donors (Lipinski definition) is 2. The van der Waals surface area contributed by atoms with Crippen LogP contribution in [0.5, 0.6) is 17.4 Å². The molecule has 1 aromatic carbocycles. The topological polar surface area (TPSA) is 101 Å². The highest BCUT2D eigenvalue weighted by Crippen LogP contribution is 2.43. The second kappa shape index (κ2) is 8.07. The number of azo groups is 1. The first-order valence-corrected chi connectivity index (χ1v) is 8.94. The average molecular weight is 392 g/mol. The molecule has 146 valence electrons. The molecule has 0 spiro atoms. The predicted octanol–water partition coefficient (Wildman–Crippen LogP) is 1.90. The zero-order valence-corrected chi connectivity index (χ0v) is 16.5. The number of hydrogen-bond acceptors (Lipinski definition) is 7. The minimum absolute atomic E-state index is 0.000709. The number of ether oxygens (including phenoxy) is 2. The maximum Gasteiger partial charge on any atom is 0.221 e. The second-order valence-corrected chi connectivity index (χ2v) is 6.84. The van der Waals surface area contributed by atoms with Gasteiger partial charge in [0.05, 0.1) is 26.4 Å². The highest BCUT2D eigenvalue weighted by Gasteiger charge is 2.23. The lowest BCUT2D eigenvalue weighted by Gasteiger charge is -2.32. The van der Waals surface area contributed by atoms with E-state index in [-0.39, 0.29) is 11.0 Å². The Balaban J connectivity index is 2.10. The number of aromatic nitrogens is 1. The normalized spacial score (nSPS) is 16.3. The summed E-state index contributed by atoms with van der Waals surface area (Å²) in [7, 11) is 5.23. The van der Waals surface area contributed by atoms with Crippen LogP contribution in [0, 0.1) is 0 Å². The molecule has 0 radical (unpaired) electrons. The van der Waals surface area contributed by atoms with Crippen LogP contribution in [-0.4, -0.2) is 72.0 Å². The summed E-state index contributed by atoms with van der Waals surface area (Å²) in [6, 6.07) is 3.59. The molecule has 1 aromatic heterocycles. The summed E-state index contributed by atoms with van der Waals surface area (Å²) >= 11 is 4.77. The maximum atomic E-state index is 10.8. The van der Waals surface area contributed by atoms with Gasteiger partial charge in [-0.3, -0.25) is 9.47 Å². The second-order valence-electron chi connectivity index (χ2n) is 6.43. The van der Waals surface area contributed by atoms with Crippen LogP contribution in [0.3, 0.4) is 0 Å². The van der Waals surface area contributed by atoms with E-state index in [4.69, 9.17) is 27.4 Å². The van der Waals surface area contributed by atoms with Crippen molar-refractivity contribution in [2.75, 3.05) is 47.4 Å². The van der Waals surface area contributed by atoms with Crippen LogP contribution < -0.4 is 15.2 Å². The maximum absolute atomic E-state index is 10.8. The summed E-state index contributed by atoms with van der Waals surface area (Å²) in [6.07, 6.45) is 0. The molecule has 3 rings (SSSR count). The highest BCUT2D eigenvalue weighted by atomic mass is 32.1. The Morgan fingerprint density at radius 2 is 1.81 bits per heavy atom. The van der Waals surface area contributed by atoms with Crippen LogP contribution in [0.1, 0.15) is 0 Å². The first-order valence-electron chi connectivity index (χ1n) is 8.53. The van der Waals surface area contributed by atoms with Gasteiger partial charge in [-0.1, -0.05) is 0 Å². The van der Waals surface area contributed by atoms with Crippen LogP contribution in [-0.2, 0) is 6.67 Å². The van der Waals surface area contributed by atoms with Crippen molar-refractivity contribution in [2.45, 2.75) is 6.67 Å². The summed E-state index contributed by atoms with van der Waals surface area (Å²) in [4.78, 5) is 4.55. The van der Waals surface area contributed by atoms with E-state index in [2.05, 4.69) is 27.1 Å². The average Bonchev–Trinajstić information content (AvgIpc) is 2.91. The van der Waals surface area contributed by atoms with Gasteiger partial charge < -0.3 is 25.2 Å². The van der Waals surface area contributed by atoms with Gasteiger partial charge in [0.2, 0.25) is 11.0 Å². The van der Waals surface area contributed by atoms with Gasteiger partial charge in [-0.15, -0.1) is 10.2 Å². The molecule has 1 saturated heterocycles. The van der Waals surface area contributed by atoms with Gasteiger partial charge in [-0.25, -0.2) is 0 Å². The van der Waals surface area contributed by atoms with Gasteiger partial charge in [0.1, 0.15) is 0 Å². The molecule has 9 nitrogen and oxygen atoms in total. The Bertz CT molecular complexity index is 873. The fraction of sp³-hybridized carbons (Fsp3) is 0.471. The van der Waals surface area contributed by atoms with E-state index < -0.39 is 0 Å². The van der Waals surface area contributed by atoms with Gasteiger partial charge in [-0.05, 0) is 25.3 Å². The fourth-order valence-electron chi connectivity index (χ4n) is 3.17. The van der Waals surface area contributed by atoms with Crippen molar-refractivity contribution in [3.8, 4) is 17.4 Å². The summed E-state index contributed by atoms with van der Waals surface area (Å²) in [5, 5.41) is 19.2. The van der Waals surface area contributed by atoms with Gasteiger partial charge >= 0.3 is 0 Å². The van der Waals surface area contributed by atoms with Crippen LogP contribution in [0.2, 0.25) is 0 Å². The molecule has 1 aliphatic heterocycles. The number of nitrogens with two attached hydrogens (primary N) is 1. The first kappa shape index (κ1) is 19.3. The molecule has 0 bridgehead atoms. The SMILES string of the molecule is COc1cc2c(N=NC(N)=S)c(O)n(CN3CCN(C)CC3)c2cc1OC. The number of rotatable bonds is 5. The largest absolute Gasteiger partial charge is 0.493 e. The van der Waals surface area contributed by atoms with Crippen molar-refractivity contribution in [3.63, 3.8) is 0 Å². The number of likely N-dealkylation sites (N-methyl/N-ethyl adjacent to an activating group) is 1. The van der Waals surface area contributed by atoms with E-state index in [1.165, 1.54) is 0 Å². The number of methoxy groups -OCH3 is 2. The van der Waals surface area contributed by atoms with E-state index in [1.807, 2.05) is 6.07 Å². The van der Waals surface area contributed by atoms with Crippen molar-refractivity contribution in [3.05, 3.63) is 12.1 Å². The Morgan fingerprint density at radius 1 is 1.19 bits per heavy atom. The molecule has 0 unspecified atom stereocenters. The smallest absolute Gasteiger partial charge is 0.221 e. The standard InChI is InChI=1S/C17H24N6O3S/c1-21-4-6-22(7-5-21)10-23-12-9-14(26-3)13(25-2)8-11(12)15(16(23)24)19-20-17(18)27/h8-9,24H,4-7,10H2,1-3H3,(H2,18,27). The predicted molar refractivity (Wildman–Crippen MR) is 107 cm³/mol. The number of benzene rings is 1.